The highest BCUT2D eigenvalue weighted by Gasteiger charge is 2.34. The van der Waals surface area contributed by atoms with Gasteiger partial charge in [0.05, 0.1) is 24.6 Å². The van der Waals surface area contributed by atoms with Crippen molar-refractivity contribution in [1.82, 2.24) is 9.80 Å². The Bertz CT molecular complexity index is 970. The monoisotopic (exact) mass is 417 g/mol. The van der Waals surface area contributed by atoms with Gasteiger partial charge in [-0.05, 0) is 36.6 Å². The minimum absolute atomic E-state index is 0.0454. The molecule has 1 aromatic carbocycles. The average Bonchev–Trinajstić information content (AvgIpc) is 2.98. The third-order valence-corrected chi connectivity index (χ3v) is 6.69. The van der Waals surface area contributed by atoms with E-state index in [4.69, 9.17) is 11.6 Å². The summed E-state index contributed by atoms with van der Waals surface area (Å²) >= 11 is 7.34. The van der Waals surface area contributed by atoms with Crippen molar-refractivity contribution in [3.8, 4) is 0 Å². The molecule has 6 nitrogen and oxygen atoms in total. The van der Waals surface area contributed by atoms with Crippen molar-refractivity contribution in [1.29, 1.82) is 0 Å². The zero-order valence-corrected chi connectivity index (χ0v) is 17.2. The van der Waals surface area contributed by atoms with Crippen LogP contribution in [0.3, 0.4) is 0 Å². The fourth-order valence-corrected chi connectivity index (χ4v) is 5.12. The first-order chi connectivity index (χ1) is 13.3. The molecule has 1 N–H and O–H groups in total. The minimum atomic E-state index is -0.274. The minimum Gasteiger partial charge on any atom is -0.337 e. The summed E-state index contributed by atoms with van der Waals surface area (Å²) in [5.74, 6) is -0.564. The number of carbonyl (C=O) groups excluding carboxylic acids is 3. The van der Waals surface area contributed by atoms with E-state index in [1.807, 2.05) is 24.0 Å². The van der Waals surface area contributed by atoms with Gasteiger partial charge in [-0.3, -0.25) is 14.4 Å². The molecule has 28 heavy (non-hydrogen) atoms. The highest BCUT2D eigenvalue weighted by atomic mass is 35.5. The molecule has 0 spiro atoms. The van der Waals surface area contributed by atoms with Crippen LogP contribution in [0.15, 0.2) is 24.3 Å². The van der Waals surface area contributed by atoms with Gasteiger partial charge in [0.2, 0.25) is 11.8 Å². The van der Waals surface area contributed by atoms with Crippen LogP contribution in [0.1, 0.15) is 39.2 Å². The molecule has 0 bridgehead atoms. The Morgan fingerprint density at radius 2 is 1.93 bits per heavy atom. The second-order valence-electron chi connectivity index (χ2n) is 7.20. The molecule has 0 radical (unpaired) electrons. The van der Waals surface area contributed by atoms with Gasteiger partial charge in [0.15, 0.2) is 0 Å². The van der Waals surface area contributed by atoms with Crippen LogP contribution in [0.25, 0.3) is 0 Å². The van der Waals surface area contributed by atoms with E-state index in [9.17, 15) is 14.4 Å². The Labute approximate surface area is 172 Å². The molecule has 1 atom stereocenters. The first-order valence-corrected chi connectivity index (χ1v) is 10.3. The van der Waals surface area contributed by atoms with Crippen molar-refractivity contribution in [2.24, 2.45) is 0 Å². The number of benzene rings is 1. The van der Waals surface area contributed by atoms with Crippen molar-refractivity contribution in [2.45, 2.75) is 25.8 Å². The lowest BCUT2D eigenvalue weighted by atomic mass is 9.97. The molecule has 2 aliphatic rings. The van der Waals surface area contributed by atoms with Crippen molar-refractivity contribution in [3.63, 3.8) is 0 Å². The normalized spacial score (nSPS) is 17.5. The molecule has 2 aromatic rings. The van der Waals surface area contributed by atoms with Gasteiger partial charge in [-0.15, -0.1) is 11.3 Å². The molecule has 0 saturated carbocycles. The summed E-state index contributed by atoms with van der Waals surface area (Å²) in [4.78, 5) is 41.9. The highest BCUT2D eigenvalue weighted by Crippen LogP contribution is 2.39. The molecular formula is C20H20ClN3O3S. The lowest BCUT2D eigenvalue weighted by molar-refractivity contribution is -0.133. The molecule has 3 amide bonds. The number of anilines is 1. The number of hydrogen-bond donors (Lipinski definition) is 1. The summed E-state index contributed by atoms with van der Waals surface area (Å²) < 4.78 is 0. The van der Waals surface area contributed by atoms with E-state index in [2.05, 4.69) is 5.32 Å². The smallest absolute Gasteiger partial charge is 0.257 e. The van der Waals surface area contributed by atoms with Crippen LogP contribution >= 0.6 is 22.9 Å². The summed E-state index contributed by atoms with van der Waals surface area (Å²) in [7, 11) is 1.63. The number of likely N-dealkylation sites (N-methyl/N-ethyl adjacent to an activating group) is 1. The van der Waals surface area contributed by atoms with E-state index in [1.165, 1.54) is 16.2 Å². The molecular weight excluding hydrogens is 398 g/mol. The number of hydrogen-bond acceptors (Lipinski definition) is 4. The van der Waals surface area contributed by atoms with Gasteiger partial charge in [-0.25, -0.2) is 0 Å². The maximum absolute atomic E-state index is 13.0. The van der Waals surface area contributed by atoms with Crippen molar-refractivity contribution >= 4 is 45.7 Å². The third kappa shape index (κ3) is 3.29. The van der Waals surface area contributed by atoms with Crippen molar-refractivity contribution in [3.05, 3.63) is 50.9 Å². The molecule has 1 unspecified atom stereocenters. The summed E-state index contributed by atoms with van der Waals surface area (Å²) in [6.07, 6.45) is 0.607. The molecule has 0 aliphatic carbocycles. The SMILES string of the molecule is CC(C(=O)N1CCc2c(sc3c2C(=O)N(C)CC(=O)N3)C1)c1ccc(Cl)cc1. The standard InChI is InChI=1S/C20H20ClN3O3S/c1-11(12-3-5-13(21)6-4-12)19(26)24-8-7-14-15(9-24)28-18-17(14)20(27)23(2)10-16(25)22-18/h3-6,11H,7-10H2,1-2H3,(H,22,25). The van der Waals surface area contributed by atoms with Crippen molar-refractivity contribution in [2.75, 3.05) is 25.5 Å². The lowest BCUT2D eigenvalue weighted by Crippen LogP contribution is -2.38. The number of nitrogens with one attached hydrogen (secondary N) is 1. The van der Waals surface area contributed by atoms with E-state index in [1.54, 1.807) is 19.2 Å². The first-order valence-electron chi connectivity index (χ1n) is 9.09. The van der Waals surface area contributed by atoms with Gasteiger partial charge < -0.3 is 15.1 Å². The largest absolute Gasteiger partial charge is 0.337 e. The Morgan fingerprint density at radius 3 is 2.64 bits per heavy atom. The van der Waals surface area contributed by atoms with E-state index in [0.29, 0.717) is 35.1 Å². The fraction of sp³-hybridized carbons (Fsp3) is 0.350. The number of carbonyl (C=O) groups is 3. The van der Waals surface area contributed by atoms with Crippen molar-refractivity contribution < 1.29 is 14.4 Å². The van der Waals surface area contributed by atoms with Crippen LogP contribution < -0.4 is 5.32 Å². The molecule has 2 aliphatic heterocycles. The van der Waals surface area contributed by atoms with E-state index >= 15 is 0 Å². The Morgan fingerprint density at radius 1 is 1.21 bits per heavy atom. The lowest BCUT2D eigenvalue weighted by Gasteiger charge is -2.30. The maximum atomic E-state index is 13.0. The van der Waals surface area contributed by atoms with Gasteiger partial charge in [-0.1, -0.05) is 23.7 Å². The Kier molecular flexibility index (Phi) is 4.89. The van der Waals surface area contributed by atoms with Gasteiger partial charge in [0, 0.05) is 23.5 Å². The van der Waals surface area contributed by atoms with Crippen LogP contribution in [0, 0.1) is 0 Å². The molecule has 4 rings (SSSR count). The fourth-order valence-electron chi connectivity index (χ4n) is 3.72. The third-order valence-electron chi connectivity index (χ3n) is 5.30. The second kappa shape index (κ2) is 7.22. The summed E-state index contributed by atoms with van der Waals surface area (Å²) in [5.41, 5.74) is 2.47. The Balaban J connectivity index is 1.58. The summed E-state index contributed by atoms with van der Waals surface area (Å²) in [6.45, 7) is 2.95. The summed E-state index contributed by atoms with van der Waals surface area (Å²) in [5, 5.41) is 4.08. The number of amides is 3. The van der Waals surface area contributed by atoms with Crippen LogP contribution in [-0.4, -0.2) is 47.7 Å². The number of nitrogens with zero attached hydrogens (tertiary/aromatic N) is 2. The molecule has 1 aromatic heterocycles. The van der Waals surface area contributed by atoms with Crippen LogP contribution in [0.5, 0.6) is 0 Å². The van der Waals surface area contributed by atoms with Crippen LogP contribution in [-0.2, 0) is 22.6 Å². The molecule has 0 saturated heterocycles. The number of fused-ring (bicyclic) bond motifs is 3. The zero-order chi connectivity index (χ0) is 20.0. The second-order valence-corrected chi connectivity index (χ2v) is 8.74. The molecule has 146 valence electrons. The number of thiophene rings is 1. The number of halogens is 1. The first kappa shape index (κ1) is 19.0. The number of rotatable bonds is 2. The van der Waals surface area contributed by atoms with E-state index in [0.717, 1.165) is 16.0 Å². The van der Waals surface area contributed by atoms with E-state index in [-0.39, 0.29) is 30.2 Å². The average molecular weight is 418 g/mol. The molecule has 8 heteroatoms. The summed E-state index contributed by atoms with van der Waals surface area (Å²) in [6, 6.07) is 7.32. The zero-order valence-electron chi connectivity index (χ0n) is 15.6. The Hall–Kier alpha value is -2.38. The van der Waals surface area contributed by atoms with Crippen LogP contribution in [0.2, 0.25) is 5.02 Å². The molecule has 3 heterocycles. The van der Waals surface area contributed by atoms with Gasteiger partial charge in [0.25, 0.3) is 5.91 Å². The predicted octanol–water partition coefficient (Wildman–Crippen LogP) is 3.11. The molecule has 0 fully saturated rings. The predicted molar refractivity (Wildman–Crippen MR) is 109 cm³/mol. The van der Waals surface area contributed by atoms with Gasteiger partial charge >= 0.3 is 0 Å². The maximum Gasteiger partial charge on any atom is 0.257 e. The van der Waals surface area contributed by atoms with Gasteiger partial charge in [0.1, 0.15) is 5.00 Å². The topological polar surface area (TPSA) is 69.7 Å². The quantitative estimate of drug-likeness (QED) is 0.816. The highest BCUT2D eigenvalue weighted by molar-refractivity contribution is 7.17. The van der Waals surface area contributed by atoms with E-state index < -0.39 is 0 Å². The van der Waals surface area contributed by atoms with Gasteiger partial charge in [-0.2, -0.15) is 0 Å². The van der Waals surface area contributed by atoms with Crippen LogP contribution in [0.4, 0.5) is 5.00 Å².